The summed E-state index contributed by atoms with van der Waals surface area (Å²) >= 11 is 0. The Labute approximate surface area is 78.4 Å². The molecular formula is C11H25N. The lowest BCUT2D eigenvalue weighted by atomic mass is 10.4. The third kappa shape index (κ3) is 56.8. The van der Waals surface area contributed by atoms with Crippen LogP contribution in [0.3, 0.4) is 0 Å². The Morgan fingerprint density at radius 3 is 1.67 bits per heavy atom. The van der Waals surface area contributed by atoms with Gasteiger partial charge in [-0.3, -0.25) is 0 Å². The van der Waals surface area contributed by atoms with Gasteiger partial charge in [0.2, 0.25) is 0 Å². The monoisotopic (exact) mass is 171 g/mol. The van der Waals surface area contributed by atoms with Crippen molar-refractivity contribution in [3.05, 3.63) is 24.3 Å². The molecule has 0 saturated heterocycles. The summed E-state index contributed by atoms with van der Waals surface area (Å²) in [5, 5.41) is 0. The van der Waals surface area contributed by atoms with E-state index < -0.39 is 0 Å². The molecule has 0 bridgehead atoms. The molecular weight excluding hydrogens is 146 g/mol. The molecule has 12 heavy (non-hydrogen) atoms. The van der Waals surface area contributed by atoms with Gasteiger partial charge in [0.05, 0.1) is 0 Å². The van der Waals surface area contributed by atoms with Crippen molar-refractivity contribution >= 4 is 0 Å². The largest absolute Gasteiger partial charge is 0.333 e. The lowest BCUT2D eigenvalue weighted by Gasteiger charge is -1.70. The van der Waals surface area contributed by atoms with Gasteiger partial charge in [0.15, 0.2) is 0 Å². The van der Waals surface area contributed by atoms with Crippen molar-refractivity contribution < 1.29 is 0 Å². The van der Waals surface area contributed by atoms with Crippen LogP contribution in [0.15, 0.2) is 24.3 Å². The highest BCUT2D eigenvalue weighted by Gasteiger charge is 1.57. The first-order valence-electron chi connectivity index (χ1n) is 4.68. The Morgan fingerprint density at radius 2 is 1.42 bits per heavy atom. The van der Waals surface area contributed by atoms with Crippen molar-refractivity contribution in [2.45, 2.75) is 40.5 Å². The van der Waals surface area contributed by atoms with Gasteiger partial charge in [-0.2, -0.15) is 0 Å². The van der Waals surface area contributed by atoms with Crippen LogP contribution in [-0.2, 0) is 0 Å². The zero-order chi connectivity index (χ0) is 10.2. The maximum atomic E-state index is 4.50. The fourth-order valence-electron chi connectivity index (χ4n) is 0.326. The molecule has 74 valence electrons. The molecule has 0 fully saturated rings. The van der Waals surface area contributed by atoms with E-state index in [1.807, 2.05) is 19.1 Å². The summed E-state index contributed by atoms with van der Waals surface area (Å²) in [7, 11) is 1.50. The Kier molecular flexibility index (Phi) is 45.9. The van der Waals surface area contributed by atoms with E-state index in [-0.39, 0.29) is 0 Å². The molecule has 0 radical (unpaired) electrons. The SMILES string of the molecule is C/C=C\C=C/CC.CCC.CN. The molecule has 0 unspecified atom stereocenters. The van der Waals surface area contributed by atoms with Crippen molar-refractivity contribution in [3.63, 3.8) is 0 Å². The van der Waals surface area contributed by atoms with Crippen LogP contribution in [0.5, 0.6) is 0 Å². The molecule has 0 amide bonds. The van der Waals surface area contributed by atoms with E-state index in [9.17, 15) is 0 Å². The number of rotatable bonds is 2. The molecule has 0 rings (SSSR count). The Hall–Kier alpha value is -0.560. The minimum atomic E-state index is 1.13. The first-order chi connectivity index (χ1) is 5.83. The van der Waals surface area contributed by atoms with Gasteiger partial charge in [0.25, 0.3) is 0 Å². The first kappa shape index (κ1) is 17.5. The van der Waals surface area contributed by atoms with Gasteiger partial charge in [0, 0.05) is 0 Å². The molecule has 0 aromatic heterocycles. The van der Waals surface area contributed by atoms with E-state index >= 15 is 0 Å². The minimum Gasteiger partial charge on any atom is -0.333 e. The predicted octanol–water partition coefficient (Wildman–Crippen LogP) is 3.52. The quantitative estimate of drug-likeness (QED) is 0.632. The molecule has 0 aromatic carbocycles. The number of hydrogen-bond donors (Lipinski definition) is 1. The van der Waals surface area contributed by atoms with Crippen LogP contribution in [0.4, 0.5) is 0 Å². The summed E-state index contributed by atoms with van der Waals surface area (Å²) in [6.45, 7) is 8.39. The van der Waals surface area contributed by atoms with Crippen LogP contribution in [0.25, 0.3) is 0 Å². The molecule has 0 atom stereocenters. The summed E-state index contributed by atoms with van der Waals surface area (Å²) in [6, 6.07) is 0. The van der Waals surface area contributed by atoms with Crippen molar-refractivity contribution in [1.82, 2.24) is 0 Å². The van der Waals surface area contributed by atoms with Gasteiger partial charge < -0.3 is 5.73 Å². The van der Waals surface area contributed by atoms with Crippen LogP contribution < -0.4 is 5.73 Å². The van der Waals surface area contributed by atoms with E-state index in [0.29, 0.717) is 0 Å². The summed E-state index contributed by atoms with van der Waals surface area (Å²) in [4.78, 5) is 0. The Morgan fingerprint density at radius 1 is 1.00 bits per heavy atom. The zero-order valence-electron chi connectivity index (χ0n) is 9.30. The molecule has 2 N–H and O–H groups in total. The topological polar surface area (TPSA) is 26.0 Å². The van der Waals surface area contributed by atoms with Crippen LogP contribution >= 0.6 is 0 Å². The Bertz CT molecular complexity index is 83.0. The highest BCUT2D eigenvalue weighted by atomic mass is 14.4. The fourth-order valence-corrected chi connectivity index (χ4v) is 0.326. The maximum Gasteiger partial charge on any atom is -0.0195 e. The van der Waals surface area contributed by atoms with Gasteiger partial charge in [-0.25, -0.2) is 0 Å². The molecule has 1 heteroatoms. The molecule has 0 heterocycles. The van der Waals surface area contributed by atoms with E-state index in [0.717, 1.165) is 6.42 Å². The normalized spacial score (nSPS) is 8.83. The number of allylic oxidation sites excluding steroid dienone is 4. The highest BCUT2D eigenvalue weighted by molar-refractivity contribution is 5.00. The van der Waals surface area contributed by atoms with Gasteiger partial charge in [0.1, 0.15) is 0 Å². The molecule has 0 aromatic rings. The Balaban J connectivity index is -0.000000137. The third-order valence-electron chi connectivity index (χ3n) is 0.675. The maximum absolute atomic E-state index is 4.50. The molecule has 1 nitrogen and oxygen atoms in total. The summed E-state index contributed by atoms with van der Waals surface area (Å²) in [6.07, 6.45) is 10.6. The molecule has 0 aliphatic carbocycles. The van der Waals surface area contributed by atoms with Crippen LogP contribution in [0, 0.1) is 0 Å². The lowest BCUT2D eigenvalue weighted by Crippen LogP contribution is -1.69. The van der Waals surface area contributed by atoms with Crippen molar-refractivity contribution in [1.29, 1.82) is 0 Å². The van der Waals surface area contributed by atoms with Crippen LogP contribution in [0.1, 0.15) is 40.5 Å². The van der Waals surface area contributed by atoms with Crippen LogP contribution in [0.2, 0.25) is 0 Å². The highest BCUT2D eigenvalue weighted by Crippen LogP contribution is 1.79. The van der Waals surface area contributed by atoms with Gasteiger partial charge in [-0.1, -0.05) is 51.5 Å². The van der Waals surface area contributed by atoms with E-state index in [2.05, 4.69) is 38.7 Å². The van der Waals surface area contributed by atoms with Gasteiger partial charge >= 0.3 is 0 Å². The second-order valence-electron chi connectivity index (χ2n) is 2.07. The number of nitrogens with two attached hydrogens (primary N) is 1. The molecule has 0 saturated carbocycles. The first-order valence-corrected chi connectivity index (χ1v) is 4.68. The summed E-state index contributed by atoms with van der Waals surface area (Å²) in [5.74, 6) is 0. The zero-order valence-corrected chi connectivity index (χ0v) is 9.30. The standard InChI is InChI=1S/C7H12.C3H8.CH5N/c1-3-5-7-6-4-2;1-3-2;1-2/h3,5-7H,4H2,1-2H3;3H2,1-2H3;2H2,1H3/b5-3-,7-6-;;. The fraction of sp³-hybridized carbons (Fsp3) is 0.636. The molecule has 0 aliphatic heterocycles. The van der Waals surface area contributed by atoms with E-state index in [4.69, 9.17) is 0 Å². The third-order valence-corrected chi connectivity index (χ3v) is 0.675. The second kappa shape index (κ2) is 31.4. The van der Waals surface area contributed by atoms with Crippen molar-refractivity contribution in [2.24, 2.45) is 5.73 Å². The number of hydrogen-bond acceptors (Lipinski definition) is 1. The van der Waals surface area contributed by atoms with Crippen molar-refractivity contribution in [3.8, 4) is 0 Å². The second-order valence-corrected chi connectivity index (χ2v) is 2.07. The van der Waals surface area contributed by atoms with E-state index in [1.165, 1.54) is 13.5 Å². The van der Waals surface area contributed by atoms with E-state index in [1.54, 1.807) is 0 Å². The average Bonchev–Trinajstić information content (AvgIpc) is 2.11. The molecule has 0 spiro atoms. The van der Waals surface area contributed by atoms with Gasteiger partial charge in [-0.05, 0) is 20.4 Å². The smallest absolute Gasteiger partial charge is 0.0195 e. The lowest BCUT2D eigenvalue weighted by molar-refractivity contribution is 1.09. The van der Waals surface area contributed by atoms with Crippen molar-refractivity contribution in [2.75, 3.05) is 7.05 Å². The predicted molar refractivity (Wildman–Crippen MR) is 60.3 cm³/mol. The van der Waals surface area contributed by atoms with Crippen LogP contribution in [-0.4, -0.2) is 7.05 Å². The summed E-state index contributed by atoms with van der Waals surface area (Å²) in [5.41, 5.74) is 4.50. The molecule has 0 aliphatic rings. The van der Waals surface area contributed by atoms with Gasteiger partial charge in [-0.15, -0.1) is 0 Å². The average molecular weight is 171 g/mol. The summed E-state index contributed by atoms with van der Waals surface area (Å²) < 4.78 is 0. The minimum absolute atomic E-state index is 1.13.